The van der Waals surface area contributed by atoms with Gasteiger partial charge in [0.15, 0.2) is 0 Å². The minimum Gasteiger partial charge on any atom is -0.385 e. The fourth-order valence-corrected chi connectivity index (χ4v) is 2.94. The number of fused-ring (bicyclic) bond motifs is 1. The molecule has 2 aromatic heterocycles. The van der Waals surface area contributed by atoms with Crippen molar-refractivity contribution in [3.05, 3.63) is 39.6 Å². The molecular formula is C16H23N5O4. The van der Waals surface area contributed by atoms with Crippen LogP contribution in [0.25, 0.3) is 0 Å². The number of aromatic nitrogens is 3. The Morgan fingerprint density at radius 1 is 1.44 bits per heavy atom. The zero-order chi connectivity index (χ0) is 18.0. The van der Waals surface area contributed by atoms with Crippen LogP contribution in [0.15, 0.2) is 21.5 Å². The number of aryl methyl sites for hydroxylation is 1. The highest BCUT2D eigenvalue weighted by atomic mass is 16.5. The summed E-state index contributed by atoms with van der Waals surface area (Å²) in [5, 5.41) is 16.9. The summed E-state index contributed by atoms with van der Waals surface area (Å²) in [6, 6.07) is 3.22. The highest BCUT2D eigenvalue weighted by molar-refractivity contribution is 5.76. The van der Waals surface area contributed by atoms with Gasteiger partial charge in [0.2, 0.25) is 5.91 Å². The lowest BCUT2D eigenvalue weighted by molar-refractivity contribution is -0.132. The van der Waals surface area contributed by atoms with Gasteiger partial charge in [0.25, 0.3) is 5.56 Å². The maximum Gasteiger partial charge on any atom is 0.280 e. The first-order valence-corrected chi connectivity index (χ1v) is 8.27. The van der Waals surface area contributed by atoms with Gasteiger partial charge >= 0.3 is 0 Å². The van der Waals surface area contributed by atoms with Crippen LogP contribution in [0.3, 0.4) is 0 Å². The van der Waals surface area contributed by atoms with Crippen LogP contribution >= 0.6 is 0 Å². The molecule has 0 saturated carbocycles. The van der Waals surface area contributed by atoms with Gasteiger partial charge in [0, 0.05) is 32.0 Å². The quantitative estimate of drug-likeness (QED) is 0.744. The maximum absolute atomic E-state index is 12.4. The second kappa shape index (κ2) is 7.24. The summed E-state index contributed by atoms with van der Waals surface area (Å²) in [4.78, 5) is 27.1. The Hall–Kier alpha value is -2.39. The van der Waals surface area contributed by atoms with Crippen molar-refractivity contribution < 1.29 is 14.4 Å². The predicted octanol–water partition coefficient (Wildman–Crippen LogP) is -0.266. The molecule has 1 amide bonds. The summed E-state index contributed by atoms with van der Waals surface area (Å²) in [6.45, 7) is 2.15. The summed E-state index contributed by atoms with van der Waals surface area (Å²) in [7, 11) is 3.79. The van der Waals surface area contributed by atoms with Crippen molar-refractivity contribution in [2.45, 2.75) is 32.0 Å². The van der Waals surface area contributed by atoms with Crippen molar-refractivity contribution in [1.82, 2.24) is 24.7 Å². The van der Waals surface area contributed by atoms with Gasteiger partial charge in [-0.15, -0.1) is 0 Å². The number of carbonyl (C=O) groups excluding carboxylic acids is 1. The number of nitrogens with one attached hydrogen (secondary N) is 1. The molecule has 0 unspecified atom stereocenters. The first-order valence-electron chi connectivity index (χ1n) is 8.27. The summed E-state index contributed by atoms with van der Waals surface area (Å²) >= 11 is 0. The van der Waals surface area contributed by atoms with Crippen LogP contribution in [0.2, 0.25) is 0 Å². The van der Waals surface area contributed by atoms with Crippen molar-refractivity contribution in [1.29, 1.82) is 0 Å². The molecule has 25 heavy (non-hydrogen) atoms. The number of aliphatic hydroxyl groups is 1. The normalized spacial score (nSPS) is 15.4. The Bertz CT molecular complexity index is 791. The molecule has 0 saturated heterocycles. The van der Waals surface area contributed by atoms with Crippen LogP contribution in [0.4, 0.5) is 0 Å². The van der Waals surface area contributed by atoms with Crippen LogP contribution in [0, 0.1) is 0 Å². The van der Waals surface area contributed by atoms with Crippen molar-refractivity contribution in [2.24, 2.45) is 0 Å². The van der Waals surface area contributed by atoms with Crippen molar-refractivity contribution in [2.75, 3.05) is 27.2 Å². The Labute approximate surface area is 144 Å². The molecule has 0 fully saturated rings. The van der Waals surface area contributed by atoms with Gasteiger partial charge in [-0.05, 0) is 20.2 Å². The lowest BCUT2D eigenvalue weighted by Crippen LogP contribution is -2.38. The van der Waals surface area contributed by atoms with E-state index in [1.807, 2.05) is 29.7 Å². The van der Waals surface area contributed by atoms with Gasteiger partial charge in [-0.25, -0.2) is 0 Å². The molecule has 0 spiro atoms. The third-order valence-corrected chi connectivity index (χ3v) is 4.21. The van der Waals surface area contributed by atoms with E-state index in [9.17, 15) is 14.7 Å². The largest absolute Gasteiger partial charge is 0.385 e. The SMILES string of the molecule is CN(C)C[C@@H](O)c1cc2n(n1)CCN(C(=O)CCc1cc(=O)[nH]o1)C2. The van der Waals surface area contributed by atoms with Gasteiger partial charge in [-0.3, -0.25) is 14.3 Å². The van der Waals surface area contributed by atoms with Crippen LogP contribution in [-0.2, 0) is 24.3 Å². The topological polar surface area (TPSA) is 108 Å². The lowest BCUT2D eigenvalue weighted by atomic mass is 10.2. The first-order chi connectivity index (χ1) is 11.9. The number of nitrogens with zero attached hydrogens (tertiary/aromatic N) is 4. The zero-order valence-corrected chi connectivity index (χ0v) is 14.4. The molecule has 1 aliphatic rings. The van der Waals surface area contributed by atoms with E-state index in [-0.39, 0.29) is 17.9 Å². The van der Waals surface area contributed by atoms with Gasteiger partial charge in [0.1, 0.15) is 11.9 Å². The van der Waals surface area contributed by atoms with Crippen LogP contribution in [0.5, 0.6) is 0 Å². The molecule has 3 rings (SSSR count). The number of amides is 1. The van der Waals surface area contributed by atoms with E-state index in [0.29, 0.717) is 44.1 Å². The monoisotopic (exact) mass is 349 g/mol. The average molecular weight is 349 g/mol. The van der Waals surface area contributed by atoms with E-state index in [4.69, 9.17) is 4.52 Å². The highest BCUT2D eigenvalue weighted by Crippen LogP contribution is 2.19. The Morgan fingerprint density at radius 2 is 2.24 bits per heavy atom. The van der Waals surface area contributed by atoms with E-state index in [1.54, 1.807) is 4.90 Å². The summed E-state index contributed by atoms with van der Waals surface area (Å²) in [5.74, 6) is 0.487. The van der Waals surface area contributed by atoms with Crippen LogP contribution in [-0.4, -0.2) is 62.9 Å². The molecule has 1 aliphatic heterocycles. The first kappa shape index (κ1) is 17.4. The molecule has 0 bridgehead atoms. The molecule has 1 atom stereocenters. The standard InChI is InChI=1S/C16H23N5O4/c1-19(2)10-14(22)13-7-11-9-20(5-6-21(11)17-13)16(24)4-3-12-8-15(23)18-25-12/h7-8,14,22H,3-6,9-10H2,1-2H3,(H,18,23)/t14-/m1/s1. The van der Waals surface area contributed by atoms with Gasteiger partial charge in [-0.2, -0.15) is 10.3 Å². The molecule has 0 radical (unpaired) electrons. The Morgan fingerprint density at radius 3 is 2.92 bits per heavy atom. The highest BCUT2D eigenvalue weighted by Gasteiger charge is 2.24. The number of hydrogen-bond donors (Lipinski definition) is 2. The molecule has 136 valence electrons. The third kappa shape index (κ3) is 4.18. The number of carbonyl (C=O) groups is 1. The summed E-state index contributed by atoms with van der Waals surface area (Å²) < 4.78 is 6.82. The fourth-order valence-electron chi connectivity index (χ4n) is 2.94. The minimum atomic E-state index is -0.645. The van der Waals surface area contributed by atoms with Crippen molar-refractivity contribution in [3.8, 4) is 0 Å². The lowest BCUT2D eigenvalue weighted by Gasteiger charge is -2.27. The van der Waals surface area contributed by atoms with E-state index < -0.39 is 6.10 Å². The van der Waals surface area contributed by atoms with Crippen LogP contribution < -0.4 is 5.56 Å². The Balaban J connectivity index is 1.59. The second-order valence-corrected chi connectivity index (χ2v) is 6.56. The number of rotatable bonds is 6. The molecule has 2 aromatic rings. The minimum absolute atomic E-state index is 0.00619. The summed E-state index contributed by atoms with van der Waals surface area (Å²) in [6.07, 6.45) is 0.0271. The van der Waals surface area contributed by atoms with Gasteiger partial charge in [0.05, 0.1) is 24.5 Å². The molecule has 9 nitrogen and oxygen atoms in total. The molecule has 2 N–H and O–H groups in total. The van der Waals surface area contributed by atoms with Gasteiger partial charge in [-0.1, -0.05) is 0 Å². The predicted molar refractivity (Wildman–Crippen MR) is 88.8 cm³/mol. The number of aliphatic hydroxyl groups excluding tert-OH is 1. The number of hydrogen-bond acceptors (Lipinski definition) is 6. The fraction of sp³-hybridized carbons (Fsp3) is 0.562. The van der Waals surface area contributed by atoms with Crippen molar-refractivity contribution in [3.63, 3.8) is 0 Å². The third-order valence-electron chi connectivity index (χ3n) is 4.21. The molecule has 3 heterocycles. The molecule has 0 aromatic carbocycles. The number of H-pyrrole nitrogens is 1. The van der Waals surface area contributed by atoms with E-state index >= 15 is 0 Å². The van der Waals surface area contributed by atoms with E-state index in [0.717, 1.165) is 5.69 Å². The van der Waals surface area contributed by atoms with Gasteiger partial charge < -0.3 is 19.4 Å². The average Bonchev–Trinajstić information content (AvgIpc) is 3.17. The van der Waals surface area contributed by atoms with Crippen molar-refractivity contribution >= 4 is 5.91 Å². The van der Waals surface area contributed by atoms with Crippen LogP contribution in [0.1, 0.15) is 29.7 Å². The van der Waals surface area contributed by atoms with E-state index in [1.165, 1.54) is 6.07 Å². The second-order valence-electron chi connectivity index (χ2n) is 6.56. The smallest absolute Gasteiger partial charge is 0.280 e. The molecule has 0 aliphatic carbocycles. The van der Waals surface area contributed by atoms with E-state index in [2.05, 4.69) is 10.3 Å². The maximum atomic E-state index is 12.4. The zero-order valence-electron chi connectivity index (χ0n) is 14.4. The number of aromatic amines is 1. The number of likely N-dealkylation sites (N-methyl/N-ethyl adjacent to an activating group) is 1. The Kier molecular flexibility index (Phi) is 5.05. The molecular weight excluding hydrogens is 326 g/mol. The summed E-state index contributed by atoms with van der Waals surface area (Å²) in [5.41, 5.74) is 1.25. The molecule has 9 heteroatoms.